The first-order valence-electron chi connectivity index (χ1n) is 5.85. The molecule has 1 unspecified atom stereocenters. The van der Waals surface area contributed by atoms with Gasteiger partial charge < -0.3 is 14.8 Å². The van der Waals surface area contributed by atoms with E-state index >= 15 is 0 Å². The van der Waals surface area contributed by atoms with Crippen LogP contribution in [0, 0.1) is 0 Å². The van der Waals surface area contributed by atoms with E-state index in [1.54, 1.807) is 7.11 Å². The van der Waals surface area contributed by atoms with E-state index in [1.807, 2.05) is 0 Å². The first kappa shape index (κ1) is 12.9. The minimum atomic E-state index is 0.458. The Morgan fingerprint density at radius 1 is 1.40 bits per heavy atom. The van der Waals surface area contributed by atoms with Gasteiger partial charge in [-0.25, -0.2) is 0 Å². The van der Waals surface area contributed by atoms with Crippen molar-refractivity contribution in [1.82, 2.24) is 10.2 Å². The largest absolute Gasteiger partial charge is 0.383 e. The number of ether oxygens (including phenoxy) is 2. The Morgan fingerprint density at radius 2 is 2.13 bits per heavy atom. The van der Waals surface area contributed by atoms with Gasteiger partial charge in [0.25, 0.3) is 0 Å². The predicted octanol–water partition coefficient (Wildman–Crippen LogP) is 0.333. The molecule has 0 radical (unpaired) electrons. The highest BCUT2D eigenvalue weighted by Gasteiger charge is 2.09. The SMILES string of the molecule is COCC(C)NCCCN1CCOCC1. The maximum atomic E-state index is 5.30. The second kappa shape index (κ2) is 8.05. The summed E-state index contributed by atoms with van der Waals surface area (Å²) in [4.78, 5) is 2.46. The number of nitrogens with one attached hydrogen (secondary N) is 1. The molecule has 15 heavy (non-hydrogen) atoms. The van der Waals surface area contributed by atoms with Crippen molar-refractivity contribution in [1.29, 1.82) is 0 Å². The van der Waals surface area contributed by atoms with Crippen LogP contribution in [0.3, 0.4) is 0 Å². The van der Waals surface area contributed by atoms with Crippen molar-refractivity contribution < 1.29 is 9.47 Å². The summed E-state index contributed by atoms with van der Waals surface area (Å²) in [6.45, 7) is 9.16. The van der Waals surface area contributed by atoms with Gasteiger partial charge in [0.15, 0.2) is 0 Å². The minimum absolute atomic E-state index is 0.458. The molecule has 90 valence electrons. The van der Waals surface area contributed by atoms with Crippen molar-refractivity contribution in [3.05, 3.63) is 0 Å². The fraction of sp³-hybridized carbons (Fsp3) is 1.00. The molecule has 0 bridgehead atoms. The summed E-state index contributed by atoms with van der Waals surface area (Å²) in [6.07, 6.45) is 1.20. The summed E-state index contributed by atoms with van der Waals surface area (Å²) in [5.41, 5.74) is 0. The van der Waals surface area contributed by atoms with Crippen molar-refractivity contribution in [2.45, 2.75) is 19.4 Å². The summed E-state index contributed by atoms with van der Waals surface area (Å²) in [6, 6.07) is 0.458. The van der Waals surface area contributed by atoms with Crippen LogP contribution in [0.25, 0.3) is 0 Å². The monoisotopic (exact) mass is 216 g/mol. The van der Waals surface area contributed by atoms with Gasteiger partial charge in [-0.3, -0.25) is 4.90 Å². The van der Waals surface area contributed by atoms with Crippen LogP contribution in [0.1, 0.15) is 13.3 Å². The van der Waals surface area contributed by atoms with E-state index in [-0.39, 0.29) is 0 Å². The Bertz CT molecular complexity index is 150. The van der Waals surface area contributed by atoms with E-state index in [9.17, 15) is 0 Å². The third-order valence-electron chi connectivity index (χ3n) is 2.66. The number of methoxy groups -OCH3 is 1. The molecule has 1 N–H and O–H groups in total. The molecule has 0 amide bonds. The molecule has 1 aliphatic rings. The average Bonchev–Trinajstić information content (AvgIpc) is 2.26. The second-order valence-corrected chi connectivity index (χ2v) is 4.12. The van der Waals surface area contributed by atoms with E-state index < -0.39 is 0 Å². The van der Waals surface area contributed by atoms with Gasteiger partial charge in [-0.2, -0.15) is 0 Å². The summed E-state index contributed by atoms with van der Waals surface area (Å²) >= 11 is 0. The van der Waals surface area contributed by atoms with Crippen molar-refractivity contribution in [3.63, 3.8) is 0 Å². The third-order valence-corrected chi connectivity index (χ3v) is 2.66. The fourth-order valence-electron chi connectivity index (χ4n) is 1.78. The zero-order chi connectivity index (χ0) is 10.9. The van der Waals surface area contributed by atoms with Crippen LogP contribution in [0.5, 0.6) is 0 Å². The van der Waals surface area contributed by atoms with Crippen LogP contribution in [0.4, 0.5) is 0 Å². The molecular formula is C11H24N2O2. The standard InChI is InChI=1S/C11H24N2O2/c1-11(10-14-2)12-4-3-5-13-6-8-15-9-7-13/h11-12H,3-10H2,1-2H3. The van der Waals surface area contributed by atoms with Crippen molar-refractivity contribution in [2.75, 3.05) is 53.1 Å². The van der Waals surface area contributed by atoms with E-state index in [1.165, 1.54) is 13.0 Å². The lowest BCUT2D eigenvalue weighted by molar-refractivity contribution is 0.0373. The molecule has 0 aromatic carbocycles. The van der Waals surface area contributed by atoms with Crippen molar-refractivity contribution in [2.24, 2.45) is 0 Å². The van der Waals surface area contributed by atoms with Gasteiger partial charge in [-0.05, 0) is 26.4 Å². The summed E-state index contributed by atoms with van der Waals surface area (Å²) in [5.74, 6) is 0. The highest BCUT2D eigenvalue weighted by atomic mass is 16.5. The van der Waals surface area contributed by atoms with Crippen LogP contribution >= 0.6 is 0 Å². The number of nitrogens with zero attached hydrogens (tertiary/aromatic N) is 1. The Hall–Kier alpha value is -0.160. The predicted molar refractivity (Wildman–Crippen MR) is 61.2 cm³/mol. The molecule has 0 spiro atoms. The van der Waals surface area contributed by atoms with Crippen LogP contribution in [0.2, 0.25) is 0 Å². The molecule has 4 nitrogen and oxygen atoms in total. The Kier molecular flexibility index (Phi) is 6.92. The third kappa shape index (κ3) is 6.10. The maximum Gasteiger partial charge on any atom is 0.0613 e. The Morgan fingerprint density at radius 3 is 2.80 bits per heavy atom. The minimum Gasteiger partial charge on any atom is -0.383 e. The maximum absolute atomic E-state index is 5.30. The van der Waals surface area contributed by atoms with Gasteiger partial charge >= 0.3 is 0 Å². The van der Waals surface area contributed by atoms with E-state index in [2.05, 4.69) is 17.1 Å². The molecular weight excluding hydrogens is 192 g/mol. The molecule has 1 atom stereocenters. The van der Waals surface area contributed by atoms with Crippen LogP contribution in [-0.4, -0.2) is 64.1 Å². The van der Waals surface area contributed by atoms with Gasteiger partial charge in [-0.15, -0.1) is 0 Å². The average molecular weight is 216 g/mol. The van der Waals surface area contributed by atoms with Gasteiger partial charge in [0.05, 0.1) is 19.8 Å². The van der Waals surface area contributed by atoms with Gasteiger partial charge in [0.2, 0.25) is 0 Å². The number of hydrogen-bond donors (Lipinski definition) is 1. The van der Waals surface area contributed by atoms with Crippen molar-refractivity contribution >= 4 is 0 Å². The first-order valence-corrected chi connectivity index (χ1v) is 5.85. The highest BCUT2D eigenvalue weighted by molar-refractivity contribution is 4.64. The Labute approximate surface area is 92.9 Å². The topological polar surface area (TPSA) is 33.7 Å². The molecule has 1 fully saturated rings. The summed E-state index contributed by atoms with van der Waals surface area (Å²) in [7, 11) is 1.74. The van der Waals surface area contributed by atoms with Crippen molar-refractivity contribution in [3.8, 4) is 0 Å². The molecule has 1 aliphatic heterocycles. The molecule has 0 aliphatic carbocycles. The summed E-state index contributed by atoms with van der Waals surface area (Å²) in [5, 5.41) is 3.44. The van der Waals surface area contributed by atoms with Crippen LogP contribution in [0.15, 0.2) is 0 Å². The number of morpholine rings is 1. The van der Waals surface area contributed by atoms with E-state index in [0.717, 1.165) is 39.5 Å². The van der Waals surface area contributed by atoms with Gasteiger partial charge in [0, 0.05) is 26.2 Å². The quantitative estimate of drug-likeness (QED) is 0.622. The molecule has 1 heterocycles. The zero-order valence-corrected chi connectivity index (χ0v) is 10.00. The highest BCUT2D eigenvalue weighted by Crippen LogP contribution is 1.97. The van der Waals surface area contributed by atoms with Crippen LogP contribution < -0.4 is 5.32 Å². The lowest BCUT2D eigenvalue weighted by Crippen LogP contribution is -2.38. The van der Waals surface area contributed by atoms with E-state index in [4.69, 9.17) is 9.47 Å². The molecule has 4 heteroatoms. The fourth-order valence-corrected chi connectivity index (χ4v) is 1.78. The van der Waals surface area contributed by atoms with Gasteiger partial charge in [-0.1, -0.05) is 0 Å². The molecule has 1 saturated heterocycles. The summed E-state index contributed by atoms with van der Waals surface area (Å²) < 4.78 is 10.4. The molecule has 1 rings (SSSR count). The van der Waals surface area contributed by atoms with E-state index in [0.29, 0.717) is 6.04 Å². The lowest BCUT2D eigenvalue weighted by Gasteiger charge is -2.26. The first-order chi connectivity index (χ1) is 7.33. The second-order valence-electron chi connectivity index (χ2n) is 4.12. The zero-order valence-electron chi connectivity index (χ0n) is 10.00. The van der Waals surface area contributed by atoms with Gasteiger partial charge in [0.1, 0.15) is 0 Å². The Balaban J connectivity index is 1.91. The smallest absolute Gasteiger partial charge is 0.0613 e. The van der Waals surface area contributed by atoms with Crippen LogP contribution in [-0.2, 0) is 9.47 Å². The lowest BCUT2D eigenvalue weighted by atomic mass is 10.3. The molecule has 0 aromatic heterocycles. The molecule has 0 aromatic rings. The normalized spacial score (nSPS) is 20.4. The number of hydrogen-bond acceptors (Lipinski definition) is 4. The molecule has 0 saturated carbocycles. The number of rotatable bonds is 7.